The lowest BCUT2D eigenvalue weighted by molar-refractivity contribution is 0.0390. The summed E-state index contributed by atoms with van der Waals surface area (Å²) in [4.78, 5) is 14.1. The van der Waals surface area contributed by atoms with Crippen LogP contribution in [-0.2, 0) is 11.3 Å². The highest BCUT2D eigenvalue weighted by Gasteiger charge is 2.38. The van der Waals surface area contributed by atoms with Gasteiger partial charge in [-0.1, -0.05) is 46.3 Å². The number of rotatable bonds is 3. The summed E-state index contributed by atoms with van der Waals surface area (Å²) < 4.78 is 5.46. The number of hydrogen-bond acceptors (Lipinski definition) is 2. The Bertz CT molecular complexity index is 501. The summed E-state index contributed by atoms with van der Waals surface area (Å²) in [7, 11) is 0. The van der Waals surface area contributed by atoms with Gasteiger partial charge in [-0.3, -0.25) is 0 Å². The molecular formula is C19H26BrNO2. The fourth-order valence-corrected chi connectivity index (χ4v) is 4.57. The molecule has 3 rings (SSSR count). The Hall–Kier alpha value is -1.03. The number of ether oxygens (including phenoxy) is 1. The van der Waals surface area contributed by atoms with Crippen LogP contribution in [0.5, 0.6) is 0 Å². The van der Waals surface area contributed by atoms with Gasteiger partial charge < -0.3 is 9.64 Å². The average molecular weight is 380 g/mol. The highest BCUT2D eigenvalue weighted by molar-refractivity contribution is 9.09. The summed E-state index contributed by atoms with van der Waals surface area (Å²) in [6.07, 6.45) is 7.46. The molecule has 3 nitrogen and oxygen atoms in total. The normalized spacial score (nSPS) is 21.3. The molecular weight excluding hydrogens is 354 g/mol. The number of halogens is 1. The van der Waals surface area contributed by atoms with Gasteiger partial charge >= 0.3 is 6.09 Å². The van der Waals surface area contributed by atoms with Gasteiger partial charge in [0.05, 0.1) is 0 Å². The van der Waals surface area contributed by atoms with Crippen LogP contribution in [0, 0.1) is 11.3 Å². The molecule has 126 valence electrons. The molecule has 0 radical (unpaired) electrons. The van der Waals surface area contributed by atoms with E-state index in [0.717, 1.165) is 42.7 Å². The van der Waals surface area contributed by atoms with Crippen LogP contribution in [0.25, 0.3) is 0 Å². The highest BCUT2D eigenvalue weighted by Crippen LogP contribution is 2.46. The van der Waals surface area contributed by atoms with Crippen molar-refractivity contribution in [1.82, 2.24) is 4.90 Å². The molecule has 1 aromatic rings. The summed E-state index contributed by atoms with van der Waals surface area (Å²) in [5, 5.41) is 1.14. The largest absolute Gasteiger partial charge is 0.445 e. The molecule has 1 saturated carbocycles. The second-order valence-corrected chi connectivity index (χ2v) is 7.77. The molecule has 1 aliphatic heterocycles. The van der Waals surface area contributed by atoms with Gasteiger partial charge in [0.2, 0.25) is 0 Å². The highest BCUT2D eigenvalue weighted by atomic mass is 79.9. The first-order chi connectivity index (χ1) is 11.2. The van der Waals surface area contributed by atoms with Crippen molar-refractivity contribution >= 4 is 22.0 Å². The number of benzene rings is 1. The van der Waals surface area contributed by atoms with Crippen LogP contribution in [0.1, 0.15) is 44.1 Å². The predicted molar refractivity (Wildman–Crippen MR) is 95.6 cm³/mol. The van der Waals surface area contributed by atoms with E-state index in [1.165, 1.54) is 25.7 Å². The van der Waals surface area contributed by atoms with Crippen LogP contribution in [0.3, 0.4) is 0 Å². The third-order valence-electron chi connectivity index (χ3n) is 5.67. The Kier molecular flexibility index (Phi) is 5.62. The first kappa shape index (κ1) is 16.8. The minimum Gasteiger partial charge on any atom is -0.445 e. The monoisotopic (exact) mass is 379 g/mol. The van der Waals surface area contributed by atoms with E-state index >= 15 is 0 Å². The first-order valence-corrected chi connectivity index (χ1v) is 9.84. The number of piperidine rings is 1. The zero-order valence-electron chi connectivity index (χ0n) is 13.7. The summed E-state index contributed by atoms with van der Waals surface area (Å²) in [5.41, 5.74) is 1.54. The number of amides is 1. The Morgan fingerprint density at radius 3 is 2.39 bits per heavy atom. The molecule has 0 atom stereocenters. The van der Waals surface area contributed by atoms with Gasteiger partial charge in [-0.15, -0.1) is 0 Å². The predicted octanol–water partition coefficient (Wildman–Crippen LogP) is 4.99. The van der Waals surface area contributed by atoms with Crippen LogP contribution in [-0.4, -0.2) is 29.4 Å². The molecule has 2 aliphatic rings. The second kappa shape index (κ2) is 7.69. The van der Waals surface area contributed by atoms with Gasteiger partial charge in [-0.2, -0.15) is 0 Å². The maximum absolute atomic E-state index is 12.2. The maximum atomic E-state index is 12.2. The van der Waals surface area contributed by atoms with E-state index in [1.807, 2.05) is 35.2 Å². The number of likely N-dealkylation sites (tertiary alicyclic amines) is 1. The summed E-state index contributed by atoms with van der Waals surface area (Å²) in [5.74, 6) is 0.856. The molecule has 1 saturated heterocycles. The van der Waals surface area contributed by atoms with E-state index in [9.17, 15) is 4.79 Å². The summed E-state index contributed by atoms with van der Waals surface area (Å²) in [6.45, 7) is 2.08. The van der Waals surface area contributed by atoms with E-state index in [0.29, 0.717) is 12.0 Å². The maximum Gasteiger partial charge on any atom is 0.410 e. The number of carbonyl (C=O) groups excluding carboxylic acids is 1. The second-order valence-electron chi connectivity index (χ2n) is 7.12. The molecule has 0 unspecified atom stereocenters. The Labute approximate surface area is 147 Å². The third kappa shape index (κ3) is 4.28. The molecule has 1 spiro atoms. The summed E-state index contributed by atoms with van der Waals surface area (Å²) >= 11 is 3.62. The van der Waals surface area contributed by atoms with Gasteiger partial charge in [-0.05, 0) is 55.4 Å². The van der Waals surface area contributed by atoms with Crippen molar-refractivity contribution in [3.05, 3.63) is 35.9 Å². The Morgan fingerprint density at radius 1 is 1.13 bits per heavy atom. The van der Waals surface area contributed by atoms with Crippen molar-refractivity contribution in [3.8, 4) is 0 Å². The quantitative estimate of drug-likeness (QED) is 0.692. The molecule has 0 bridgehead atoms. The topological polar surface area (TPSA) is 29.5 Å². The zero-order valence-corrected chi connectivity index (χ0v) is 15.3. The molecule has 1 aliphatic carbocycles. The fraction of sp³-hybridized carbons (Fsp3) is 0.632. The minimum atomic E-state index is -0.155. The first-order valence-electron chi connectivity index (χ1n) is 8.72. The molecule has 4 heteroatoms. The van der Waals surface area contributed by atoms with Crippen LogP contribution in [0.15, 0.2) is 30.3 Å². The van der Waals surface area contributed by atoms with E-state index < -0.39 is 0 Å². The van der Waals surface area contributed by atoms with Crippen molar-refractivity contribution in [2.45, 2.75) is 45.1 Å². The van der Waals surface area contributed by atoms with Crippen molar-refractivity contribution in [2.24, 2.45) is 11.3 Å². The van der Waals surface area contributed by atoms with Gasteiger partial charge in [0.1, 0.15) is 6.61 Å². The van der Waals surface area contributed by atoms with Crippen LogP contribution >= 0.6 is 15.9 Å². The van der Waals surface area contributed by atoms with Crippen LogP contribution in [0.2, 0.25) is 0 Å². The molecule has 1 amide bonds. The Balaban J connectivity index is 1.44. The molecule has 2 fully saturated rings. The average Bonchev–Trinajstić information content (AvgIpc) is 2.62. The molecule has 0 aromatic heterocycles. The van der Waals surface area contributed by atoms with E-state index in [-0.39, 0.29) is 6.09 Å². The van der Waals surface area contributed by atoms with Gasteiger partial charge in [-0.25, -0.2) is 4.79 Å². The molecule has 23 heavy (non-hydrogen) atoms. The standard InChI is InChI=1S/C19H26BrNO2/c20-14-16-6-8-19(9-7-16)10-12-21(13-11-19)18(22)23-15-17-4-2-1-3-5-17/h1-5,16H,6-15H2. The Morgan fingerprint density at radius 2 is 1.78 bits per heavy atom. The molecule has 1 aromatic carbocycles. The SMILES string of the molecule is O=C(OCc1ccccc1)N1CCC2(CCC(CBr)CC2)CC1. The van der Waals surface area contributed by atoms with Crippen LogP contribution in [0.4, 0.5) is 4.79 Å². The van der Waals surface area contributed by atoms with E-state index in [1.54, 1.807) is 0 Å². The smallest absolute Gasteiger partial charge is 0.410 e. The van der Waals surface area contributed by atoms with Crippen molar-refractivity contribution in [2.75, 3.05) is 18.4 Å². The van der Waals surface area contributed by atoms with Gasteiger partial charge in [0, 0.05) is 18.4 Å². The van der Waals surface area contributed by atoms with Gasteiger partial charge in [0.25, 0.3) is 0 Å². The zero-order chi connectivity index (χ0) is 16.1. The van der Waals surface area contributed by atoms with E-state index in [4.69, 9.17) is 4.74 Å². The number of hydrogen-bond donors (Lipinski definition) is 0. The number of carbonyl (C=O) groups is 1. The summed E-state index contributed by atoms with van der Waals surface area (Å²) in [6, 6.07) is 9.88. The van der Waals surface area contributed by atoms with Gasteiger partial charge in [0.15, 0.2) is 0 Å². The number of alkyl halides is 1. The minimum absolute atomic E-state index is 0.155. The van der Waals surface area contributed by atoms with Crippen molar-refractivity contribution < 1.29 is 9.53 Å². The fourth-order valence-electron chi connectivity index (χ4n) is 3.92. The lowest BCUT2D eigenvalue weighted by Crippen LogP contribution is -2.44. The van der Waals surface area contributed by atoms with Crippen molar-refractivity contribution in [3.63, 3.8) is 0 Å². The third-order valence-corrected chi connectivity index (χ3v) is 6.59. The lowest BCUT2D eigenvalue weighted by atomic mass is 9.66. The van der Waals surface area contributed by atoms with Crippen LogP contribution < -0.4 is 0 Å². The lowest BCUT2D eigenvalue weighted by Gasteiger charge is -2.45. The number of nitrogens with zero attached hydrogens (tertiary/aromatic N) is 1. The van der Waals surface area contributed by atoms with E-state index in [2.05, 4.69) is 15.9 Å². The molecule has 1 heterocycles. The molecule has 0 N–H and O–H groups in total. The van der Waals surface area contributed by atoms with Crippen molar-refractivity contribution in [1.29, 1.82) is 0 Å².